The average molecular weight is 421 g/mol. The maximum Gasteiger partial charge on any atom is 0.275 e. The lowest BCUT2D eigenvalue weighted by atomic mass is 9.96. The van der Waals surface area contributed by atoms with Crippen molar-refractivity contribution in [3.8, 4) is 0 Å². The Balaban J connectivity index is 1.44. The average Bonchev–Trinajstić information content (AvgIpc) is 3.23. The highest BCUT2D eigenvalue weighted by Crippen LogP contribution is 2.30. The molecule has 0 spiro atoms. The van der Waals surface area contributed by atoms with Gasteiger partial charge in [-0.25, -0.2) is 4.98 Å². The van der Waals surface area contributed by atoms with Crippen LogP contribution < -0.4 is 16.0 Å². The zero-order valence-corrected chi connectivity index (χ0v) is 17.4. The molecule has 1 saturated heterocycles. The number of carbonyl (C=O) groups is 2. The molecular weight excluding hydrogens is 396 g/mol. The summed E-state index contributed by atoms with van der Waals surface area (Å²) in [5, 5.41) is 5.72. The molecule has 0 bridgehead atoms. The molecular formula is C23H24N4O2S. The predicted octanol–water partition coefficient (Wildman–Crippen LogP) is 3.69. The zero-order chi connectivity index (χ0) is 20.9. The first kappa shape index (κ1) is 20.1. The summed E-state index contributed by atoms with van der Waals surface area (Å²) >= 11 is 1.49. The summed E-state index contributed by atoms with van der Waals surface area (Å²) in [5.74, 6) is -0.517. The Hall–Kier alpha value is -3.19. The summed E-state index contributed by atoms with van der Waals surface area (Å²) in [6, 6.07) is 17.8. The van der Waals surface area contributed by atoms with Crippen LogP contribution in [0.2, 0.25) is 0 Å². The van der Waals surface area contributed by atoms with Crippen molar-refractivity contribution in [1.82, 2.24) is 4.98 Å². The minimum Gasteiger partial charge on any atom is -0.370 e. The predicted molar refractivity (Wildman–Crippen MR) is 120 cm³/mol. The molecule has 0 radical (unpaired) electrons. The van der Waals surface area contributed by atoms with Gasteiger partial charge in [0.15, 0.2) is 0 Å². The number of para-hydroxylation sites is 2. The zero-order valence-electron chi connectivity index (χ0n) is 16.6. The van der Waals surface area contributed by atoms with Crippen LogP contribution in [-0.4, -0.2) is 29.9 Å². The number of anilines is 2. The molecule has 1 aliphatic heterocycles. The Morgan fingerprint density at radius 3 is 2.50 bits per heavy atom. The Kier molecular flexibility index (Phi) is 6.09. The third-order valence-corrected chi connectivity index (χ3v) is 6.22. The third kappa shape index (κ3) is 4.68. The number of hydrogen-bond donors (Lipinski definition) is 2. The first-order valence-corrected chi connectivity index (χ1v) is 10.9. The van der Waals surface area contributed by atoms with Crippen molar-refractivity contribution >= 4 is 34.5 Å². The van der Waals surface area contributed by atoms with Crippen LogP contribution in [0, 0.1) is 5.92 Å². The van der Waals surface area contributed by atoms with E-state index in [0.29, 0.717) is 12.1 Å². The van der Waals surface area contributed by atoms with Crippen molar-refractivity contribution in [2.24, 2.45) is 11.7 Å². The van der Waals surface area contributed by atoms with Crippen LogP contribution in [0.4, 0.5) is 11.4 Å². The molecule has 30 heavy (non-hydrogen) atoms. The van der Waals surface area contributed by atoms with E-state index >= 15 is 0 Å². The van der Waals surface area contributed by atoms with Crippen LogP contribution in [0.1, 0.15) is 33.9 Å². The third-order valence-electron chi connectivity index (χ3n) is 5.37. The molecule has 1 aliphatic rings. The molecule has 1 fully saturated rings. The molecule has 3 N–H and O–H groups in total. The topological polar surface area (TPSA) is 88.3 Å². The number of aromatic nitrogens is 1. The van der Waals surface area contributed by atoms with Crippen molar-refractivity contribution in [3.05, 3.63) is 76.2 Å². The first-order chi connectivity index (χ1) is 14.6. The van der Waals surface area contributed by atoms with E-state index in [1.54, 1.807) is 5.38 Å². The van der Waals surface area contributed by atoms with E-state index in [2.05, 4.69) is 27.3 Å². The van der Waals surface area contributed by atoms with Gasteiger partial charge < -0.3 is 16.0 Å². The number of rotatable bonds is 6. The van der Waals surface area contributed by atoms with E-state index in [-0.39, 0.29) is 17.7 Å². The van der Waals surface area contributed by atoms with E-state index < -0.39 is 0 Å². The second-order valence-corrected chi connectivity index (χ2v) is 8.37. The van der Waals surface area contributed by atoms with Crippen molar-refractivity contribution in [3.63, 3.8) is 0 Å². The van der Waals surface area contributed by atoms with Crippen LogP contribution in [0.15, 0.2) is 60.0 Å². The maximum absolute atomic E-state index is 12.8. The van der Waals surface area contributed by atoms with Gasteiger partial charge >= 0.3 is 0 Å². The molecule has 2 heterocycles. The van der Waals surface area contributed by atoms with Crippen molar-refractivity contribution < 1.29 is 9.59 Å². The quantitative estimate of drug-likeness (QED) is 0.637. The lowest BCUT2D eigenvalue weighted by Crippen LogP contribution is -2.38. The van der Waals surface area contributed by atoms with Gasteiger partial charge in [-0.1, -0.05) is 42.5 Å². The molecule has 0 aliphatic carbocycles. The molecule has 2 amide bonds. The smallest absolute Gasteiger partial charge is 0.275 e. The molecule has 0 atom stereocenters. The highest BCUT2D eigenvalue weighted by atomic mass is 32.1. The number of amides is 2. The monoisotopic (exact) mass is 420 g/mol. The van der Waals surface area contributed by atoms with Crippen LogP contribution in [-0.2, 0) is 11.2 Å². The molecule has 4 rings (SSSR count). The number of primary amides is 1. The summed E-state index contributed by atoms with van der Waals surface area (Å²) in [6.45, 7) is 1.47. The molecule has 6 nitrogen and oxygen atoms in total. The van der Waals surface area contributed by atoms with Gasteiger partial charge in [-0.15, -0.1) is 11.3 Å². The number of thiazole rings is 1. The summed E-state index contributed by atoms with van der Waals surface area (Å²) in [7, 11) is 0. The summed E-state index contributed by atoms with van der Waals surface area (Å²) < 4.78 is 0. The van der Waals surface area contributed by atoms with Gasteiger partial charge in [-0.3, -0.25) is 9.59 Å². The number of benzene rings is 2. The first-order valence-electron chi connectivity index (χ1n) is 10.0. The van der Waals surface area contributed by atoms with Gasteiger partial charge in [0.05, 0.1) is 16.4 Å². The van der Waals surface area contributed by atoms with Gasteiger partial charge in [0.2, 0.25) is 5.91 Å². The number of piperidine rings is 1. The SMILES string of the molecule is NC(=O)C1CCN(c2ccccc2NC(=O)c2csc(Cc3ccccc3)n2)CC1. The molecule has 7 heteroatoms. The number of nitrogens with one attached hydrogen (secondary N) is 1. The lowest BCUT2D eigenvalue weighted by Gasteiger charge is -2.33. The van der Waals surface area contributed by atoms with Crippen molar-refractivity contribution in [2.75, 3.05) is 23.3 Å². The second kappa shape index (κ2) is 9.09. The Morgan fingerprint density at radius 2 is 1.77 bits per heavy atom. The van der Waals surface area contributed by atoms with E-state index in [0.717, 1.165) is 42.3 Å². The number of carbonyl (C=O) groups excluding carboxylic acids is 2. The summed E-state index contributed by atoms with van der Waals surface area (Å²) in [5.41, 5.74) is 8.74. The standard InChI is InChI=1S/C23H24N4O2S/c24-22(28)17-10-12-27(13-11-17)20-9-5-4-8-18(20)26-23(29)19-15-30-21(25-19)14-16-6-2-1-3-7-16/h1-9,15,17H,10-14H2,(H2,24,28)(H,26,29). The fraction of sp³-hybridized carbons (Fsp3) is 0.261. The largest absolute Gasteiger partial charge is 0.370 e. The Morgan fingerprint density at radius 1 is 1.07 bits per heavy atom. The van der Waals surface area contributed by atoms with Crippen LogP contribution >= 0.6 is 11.3 Å². The van der Waals surface area contributed by atoms with Crippen molar-refractivity contribution in [2.45, 2.75) is 19.3 Å². The fourth-order valence-corrected chi connectivity index (χ4v) is 4.52. The molecule has 3 aromatic rings. The summed E-state index contributed by atoms with van der Waals surface area (Å²) in [6.07, 6.45) is 2.17. The highest BCUT2D eigenvalue weighted by Gasteiger charge is 2.25. The number of hydrogen-bond acceptors (Lipinski definition) is 5. The lowest BCUT2D eigenvalue weighted by molar-refractivity contribution is -0.122. The van der Waals surface area contributed by atoms with Crippen molar-refractivity contribution in [1.29, 1.82) is 0 Å². The maximum atomic E-state index is 12.8. The van der Waals surface area contributed by atoms with E-state index in [1.807, 2.05) is 42.5 Å². The van der Waals surface area contributed by atoms with Crippen LogP contribution in [0.5, 0.6) is 0 Å². The Bertz CT molecular complexity index is 1030. The molecule has 1 aromatic heterocycles. The van der Waals surface area contributed by atoms with Gasteiger partial charge in [0, 0.05) is 30.8 Å². The van der Waals surface area contributed by atoms with E-state index in [1.165, 1.54) is 16.9 Å². The molecule has 2 aromatic carbocycles. The number of nitrogens with zero attached hydrogens (tertiary/aromatic N) is 2. The second-order valence-electron chi connectivity index (χ2n) is 7.42. The van der Waals surface area contributed by atoms with E-state index in [9.17, 15) is 9.59 Å². The normalized spacial score (nSPS) is 14.5. The minimum absolute atomic E-state index is 0.0685. The Labute approximate surface area is 179 Å². The van der Waals surface area contributed by atoms with Crippen LogP contribution in [0.3, 0.4) is 0 Å². The minimum atomic E-state index is -0.230. The van der Waals surface area contributed by atoms with Gasteiger partial charge in [0.25, 0.3) is 5.91 Å². The molecule has 0 unspecified atom stereocenters. The van der Waals surface area contributed by atoms with Crippen LogP contribution in [0.25, 0.3) is 0 Å². The van der Waals surface area contributed by atoms with E-state index in [4.69, 9.17) is 5.73 Å². The van der Waals surface area contributed by atoms with Gasteiger partial charge in [-0.2, -0.15) is 0 Å². The number of nitrogens with two attached hydrogens (primary N) is 1. The fourth-order valence-electron chi connectivity index (χ4n) is 3.71. The van der Waals surface area contributed by atoms with Gasteiger partial charge in [0.1, 0.15) is 5.69 Å². The summed E-state index contributed by atoms with van der Waals surface area (Å²) in [4.78, 5) is 30.9. The highest BCUT2D eigenvalue weighted by molar-refractivity contribution is 7.09. The molecule has 154 valence electrons. The van der Waals surface area contributed by atoms with Gasteiger partial charge in [-0.05, 0) is 30.5 Å². The molecule has 0 saturated carbocycles.